The summed E-state index contributed by atoms with van der Waals surface area (Å²) in [5.41, 5.74) is -4.13. The number of rotatable bonds is 1. The highest BCUT2D eigenvalue weighted by molar-refractivity contribution is 5.22. The van der Waals surface area contributed by atoms with Crippen LogP contribution < -0.4 is 0 Å². The van der Waals surface area contributed by atoms with E-state index in [1.54, 1.807) is 0 Å². The highest BCUT2D eigenvalue weighted by Gasteiger charge is 2.58. The van der Waals surface area contributed by atoms with Gasteiger partial charge >= 0.3 is 18.5 Å². The Hall–Kier alpha value is -0.930. The minimum Gasteiger partial charge on any atom is -0.201 e. The van der Waals surface area contributed by atoms with Crippen molar-refractivity contribution < 1.29 is 44.6 Å². The van der Waals surface area contributed by atoms with Crippen molar-refractivity contribution in [2.24, 2.45) is 0 Å². The Balaban J connectivity index is 5.71. The lowest BCUT2D eigenvalue weighted by molar-refractivity contribution is -0.236. The fourth-order valence-corrected chi connectivity index (χ4v) is 0.555. The van der Waals surface area contributed by atoms with E-state index in [1.165, 1.54) is 0 Å². The molecule has 0 bridgehead atoms. The molecule has 1 nitrogen and oxygen atoms in total. The Kier molecular flexibility index (Phi) is 3.36. The zero-order chi connectivity index (χ0) is 12.7. The molecule has 10 heteroatoms. The first-order valence-electron chi connectivity index (χ1n) is 2.90. The summed E-state index contributed by atoms with van der Waals surface area (Å²) in [5.74, 6) is -4.09. The maximum atomic E-state index is 11.9. The maximum absolute atomic E-state index is 11.9. The van der Waals surface area contributed by atoms with Crippen LogP contribution in [0.2, 0.25) is 0 Å². The molecule has 0 aromatic rings. The van der Waals surface area contributed by atoms with E-state index in [0.717, 1.165) is 0 Å². The molecule has 0 aromatic carbocycles. The molecule has 0 N–H and O–H groups in total. The summed E-state index contributed by atoms with van der Waals surface area (Å²) in [4.78, 5) is 0. The van der Waals surface area contributed by atoms with E-state index in [4.69, 9.17) is 0 Å². The van der Waals surface area contributed by atoms with Crippen molar-refractivity contribution in [3.8, 4) is 0 Å². The van der Waals surface area contributed by atoms with E-state index in [9.17, 15) is 44.6 Å². The lowest BCUT2D eigenvalue weighted by Gasteiger charge is -2.17. The summed E-state index contributed by atoms with van der Waals surface area (Å²) in [7, 11) is 0. The molecule has 0 saturated carbocycles. The van der Waals surface area contributed by atoms with Gasteiger partial charge < -0.3 is 0 Å². The van der Waals surface area contributed by atoms with E-state index >= 15 is 0 Å². The van der Waals surface area contributed by atoms with Gasteiger partial charge in [-0.2, -0.15) is 35.1 Å². The van der Waals surface area contributed by atoms with Crippen molar-refractivity contribution >= 4 is 0 Å². The molecular weight excluding hydrogens is 247 g/mol. The Bertz CT molecular complexity index is 248. The van der Waals surface area contributed by atoms with E-state index in [0.29, 0.717) is 0 Å². The van der Waals surface area contributed by atoms with Gasteiger partial charge in [-0.15, -0.1) is 5.11 Å². The van der Waals surface area contributed by atoms with Crippen LogP contribution >= 0.6 is 0 Å². The standard InChI is InChI=1S/C5F9O/c6-2(5(13,14)15)1(3(7,8)9)4(10,11)12. The zero-order valence-electron chi connectivity index (χ0n) is 6.31. The number of hydrogen-bond donors (Lipinski definition) is 0. The van der Waals surface area contributed by atoms with Crippen LogP contribution in [0.15, 0.2) is 11.4 Å². The van der Waals surface area contributed by atoms with Crippen molar-refractivity contribution in [1.29, 1.82) is 0 Å². The Morgan fingerprint density at radius 3 is 1.07 bits per heavy atom. The van der Waals surface area contributed by atoms with Crippen molar-refractivity contribution in [3.05, 3.63) is 11.4 Å². The van der Waals surface area contributed by atoms with E-state index < -0.39 is 29.9 Å². The molecule has 0 atom stereocenters. The van der Waals surface area contributed by atoms with Gasteiger partial charge in [-0.3, -0.25) is 0 Å². The molecule has 89 valence electrons. The molecule has 0 amide bonds. The minimum atomic E-state index is -6.42. The van der Waals surface area contributed by atoms with Gasteiger partial charge in [0.2, 0.25) is 5.83 Å². The average Bonchev–Trinajstić information content (AvgIpc) is 1.76. The molecular formula is C5F9O. The maximum Gasteiger partial charge on any atom is 0.435 e. The van der Waals surface area contributed by atoms with Crippen LogP contribution in [0, 0.1) is 0 Å². The average molecular weight is 247 g/mol. The van der Waals surface area contributed by atoms with Gasteiger partial charge in [0.1, 0.15) is 0 Å². The van der Waals surface area contributed by atoms with Gasteiger partial charge in [0.25, 0.3) is 0 Å². The van der Waals surface area contributed by atoms with Crippen molar-refractivity contribution in [2.45, 2.75) is 18.5 Å². The molecule has 0 spiro atoms. The van der Waals surface area contributed by atoms with Crippen LogP contribution in [0.5, 0.6) is 0 Å². The first-order valence-corrected chi connectivity index (χ1v) is 2.90. The van der Waals surface area contributed by atoms with E-state index in [2.05, 4.69) is 0 Å². The topological polar surface area (TPSA) is 19.9 Å². The van der Waals surface area contributed by atoms with Crippen LogP contribution in [0.3, 0.4) is 0 Å². The molecule has 0 saturated heterocycles. The molecule has 0 unspecified atom stereocenters. The van der Waals surface area contributed by atoms with Gasteiger partial charge in [-0.1, -0.05) is 0 Å². The predicted molar refractivity (Wildman–Crippen MR) is 25.9 cm³/mol. The van der Waals surface area contributed by atoms with Crippen LogP contribution in [0.4, 0.5) is 39.5 Å². The van der Waals surface area contributed by atoms with Gasteiger partial charge in [-0.05, 0) is 0 Å². The minimum absolute atomic E-state index is 4.09. The lowest BCUT2D eigenvalue weighted by Crippen LogP contribution is -2.31. The van der Waals surface area contributed by atoms with Gasteiger partial charge in [-0.25, -0.2) is 4.39 Å². The third kappa shape index (κ3) is 3.61. The highest BCUT2D eigenvalue weighted by Crippen LogP contribution is 2.44. The molecule has 0 aliphatic heterocycles. The summed E-state index contributed by atoms with van der Waals surface area (Å²) >= 11 is 0. The second-order valence-electron chi connectivity index (χ2n) is 2.20. The van der Waals surface area contributed by atoms with Gasteiger partial charge in [0, 0.05) is 0 Å². The molecule has 15 heavy (non-hydrogen) atoms. The molecule has 0 rings (SSSR count). The van der Waals surface area contributed by atoms with Crippen molar-refractivity contribution in [3.63, 3.8) is 0 Å². The molecule has 0 heterocycles. The SMILES string of the molecule is [O]C(F)(F)C(F)=C(C(F)(F)F)C(F)(F)F. The van der Waals surface area contributed by atoms with Crippen molar-refractivity contribution in [1.82, 2.24) is 0 Å². The van der Waals surface area contributed by atoms with Gasteiger partial charge in [0.05, 0.1) is 0 Å². The summed E-state index contributed by atoms with van der Waals surface area (Å²) in [6, 6.07) is 0. The first kappa shape index (κ1) is 14.1. The van der Waals surface area contributed by atoms with E-state index in [1.807, 2.05) is 0 Å². The third-order valence-corrected chi connectivity index (χ3v) is 1.04. The number of hydrogen-bond acceptors (Lipinski definition) is 0. The normalized spacial score (nSPS) is 14.0. The summed E-state index contributed by atoms with van der Waals surface area (Å²) in [6.07, 6.45) is -18.9. The predicted octanol–water partition coefficient (Wildman–Crippen LogP) is 3.36. The summed E-state index contributed by atoms with van der Waals surface area (Å²) < 4.78 is 104. The first-order chi connectivity index (χ1) is 6.28. The second kappa shape index (κ2) is 3.58. The van der Waals surface area contributed by atoms with Crippen LogP contribution in [0.25, 0.3) is 0 Å². The monoisotopic (exact) mass is 247 g/mol. The number of alkyl halides is 8. The molecule has 0 aromatic heterocycles. The summed E-state index contributed by atoms with van der Waals surface area (Å²) in [5, 5.41) is 9.37. The lowest BCUT2D eigenvalue weighted by atomic mass is 10.2. The molecule has 0 aliphatic rings. The van der Waals surface area contributed by atoms with Crippen LogP contribution in [-0.2, 0) is 5.11 Å². The number of halogens is 9. The fraction of sp³-hybridized carbons (Fsp3) is 0.600. The molecule has 0 fully saturated rings. The zero-order valence-corrected chi connectivity index (χ0v) is 6.31. The van der Waals surface area contributed by atoms with E-state index in [-0.39, 0.29) is 0 Å². The molecule has 0 aliphatic carbocycles. The smallest absolute Gasteiger partial charge is 0.201 e. The van der Waals surface area contributed by atoms with Crippen LogP contribution in [-0.4, -0.2) is 18.5 Å². The summed E-state index contributed by atoms with van der Waals surface area (Å²) in [6.45, 7) is 0. The largest absolute Gasteiger partial charge is 0.435 e. The quantitative estimate of drug-likeness (QED) is 0.633. The molecule has 1 radical (unpaired) electrons. The Morgan fingerprint density at radius 2 is 1.00 bits per heavy atom. The number of allylic oxidation sites excluding steroid dienone is 1. The second-order valence-corrected chi connectivity index (χ2v) is 2.20. The third-order valence-electron chi connectivity index (χ3n) is 1.04. The highest BCUT2D eigenvalue weighted by atomic mass is 19.4. The fourth-order valence-electron chi connectivity index (χ4n) is 0.555. The Morgan fingerprint density at radius 1 is 0.733 bits per heavy atom. The van der Waals surface area contributed by atoms with Crippen molar-refractivity contribution in [2.75, 3.05) is 0 Å². The van der Waals surface area contributed by atoms with Crippen LogP contribution in [0.1, 0.15) is 0 Å². The Labute approximate surface area is 75.8 Å². The van der Waals surface area contributed by atoms with Gasteiger partial charge in [0.15, 0.2) is 5.57 Å².